The zero-order valence-electron chi connectivity index (χ0n) is 21.5. The number of nitrogens with one attached hydrogen (secondary N) is 1. The molecule has 0 heterocycles. The van der Waals surface area contributed by atoms with Gasteiger partial charge in [-0.15, -0.1) is 0 Å². The molecule has 0 atom stereocenters. The fourth-order valence-electron chi connectivity index (χ4n) is 3.92. The Bertz CT molecular complexity index is 1550. The maximum Gasteiger partial charge on any atom is 0.488 e. The summed E-state index contributed by atoms with van der Waals surface area (Å²) in [5.74, 6) is -3.08. The Balaban J connectivity index is 1.81. The van der Waals surface area contributed by atoms with Crippen molar-refractivity contribution in [3.63, 3.8) is 0 Å². The molecule has 0 aliphatic rings. The minimum Gasteiger partial charge on any atom is -0.480 e. The van der Waals surface area contributed by atoms with E-state index in [1.807, 2.05) is 0 Å². The van der Waals surface area contributed by atoms with Gasteiger partial charge >= 0.3 is 20.2 Å². The molecule has 0 aliphatic heterocycles. The second kappa shape index (κ2) is 13.5. The van der Waals surface area contributed by atoms with Crippen LogP contribution in [0, 0.1) is 20.2 Å². The molecule has 0 saturated carbocycles. The maximum absolute atomic E-state index is 13.2. The van der Waals surface area contributed by atoms with Crippen molar-refractivity contribution in [2.75, 3.05) is 6.54 Å². The first-order chi connectivity index (χ1) is 19.7. The number of nitrogens with zero attached hydrogens (tertiary/aromatic N) is 3. The number of aliphatic carboxylic acids is 1. The summed E-state index contributed by atoms with van der Waals surface area (Å²) in [5, 5.41) is 72.0. The first-order valence-corrected chi connectivity index (χ1v) is 11.9. The number of rotatable bonds is 12. The second-order valence-electron chi connectivity index (χ2n) is 8.95. The molecule has 3 rings (SSSR count). The number of carbonyl (C=O) groups is 3. The zero-order chi connectivity index (χ0) is 31.1. The standard InChI is InChI=1S/C24H22B2N4O12/c31-22(32)13-28(24(34)17-6-19(26(37)38)10-21(8-17)30(41)42)12-15-3-1-2-14(4-15)11-27-23(33)16-5-18(25(35)36)9-20(7-16)29(39)40/h1-10,35-38H,11-13H2,(H,27,33)(H,31,32). The molecule has 16 nitrogen and oxygen atoms in total. The Kier molecular flexibility index (Phi) is 10.1. The third-order valence-electron chi connectivity index (χ3n) is 5.84. The molecule has 0 bridgehead atoms. The van der Waals surface area contributed by atoms with Crippen LogP contribution in [0.4, 0.5) is 11.4 Å². The molecule has 0 fully saturated rings. The number of hydrogen-bond acceptors (Lipinski definition) is 11. The lowest BCUT2D eigenvalue weighted by molar-refractivity contribution is -0.385. The number of benzene rings is 3. The molecule has 0 aliphatic carbocycles. The highest BCUT2D eigenvalue weighted by Gasteiger charge is 2.25. The fraction of sp³-hybridized carbons (Fsp3) is 0.125. The van der Waals surface area contributed by atoms with Gasteiger partial charge in [0.25, 0.3) is 23.2 Å². The summed E-state index contributed by atoms with van der Waals surface area (Å²) in [6.45, 7) is -1.19. The van der Waals surface area contributed by atoms with Crippen molar-refractivity contribution >= 4 is 54.3 Å². The molecule has 0 radical (unpaired) electrons. The largest absolute Gasteiger partial charge is 0.488 e. The summed E-state index contributed by atoms with van der Waals surface area (Å²) in [6, 6.07) is 11.9. The Morgan fingerprint density at radius 2 is 1.31 bits per heavy atom. The van der Waals surface area contributed by atoms with Crippen LogP contribution < -0.4 is 16.2 Å². The van der Waals surface area contributed by atoms with E-state index < -0.39 is 59.8 Å². The molecule has 6 N–H and O–H groups in total. The highest BCUT2D eigenvalue weighted by Crippen LogP contribution is 2.17. The molecule has 0 spiro atoms. The van der Waals surface area contributed by atoms with Crippen LogP contribution in [-0.2, 0) is 17.9 Å². The van der Waals surface area contributed by atoms with Gasteiger partial charge in [0, 0.05) is 48.5 Å². The van der Waals surface area contributed by atoms with E-state index in [-0.39, 0.29) is 35.1 Å². The van der Waals surface area contributed by atoms with Crippen LogP contribution >= 0.6 is 0 Å². The topological polar surface area (TPSA) is 254 Å². The number of carboxylic acid groups (broad SMARTS) is 1. The van der Waals surface area contributed by atoms with E-state index in [0.29, 0.717) is 11.1 Å². The van der Waals surface area contributed by atoms with Crippen molar-refractivity contribution in [1.29, 1.82) is 0 Å². The highest BCUT2D eigenvalue weighted by molar-refractivity contribution is 6.59. The van der Waals surface area contributed by atoms with E-state index in [2.05, 4.69) is 5.32 Å². The van der Waals surface area contributed by atoms with E-state index in [1.54, 1.807) is 18.2 Å². The molecule has 18 heteroatoms. The van der Waals surface area contributed by atoms with Crippen LogP contribution in [0.2, 0.25) is 0 Å². The molecule has 0 aromatic heterocycles. The molecule has 3 aromatic carbocycles. The molecule has 42 heavy (non-hydrogen) atoms. The van der Waals surface area contributed by atoms with E-state index in [0.717, 1.165) is 41.3 Å². The molecule has 3 aromatic rings. The summed E-state index contributed by atoms with van der Waals surface area (Å²) >= 11 is 0. The number of carbonyl (C=O) groups excluding carboxylic acids is 2. The smallest absolute Gasteiger partial charge is 0.480 e. The van der Waals surface area contributed by atoms with Crippen LogP contribution in [0.25, 0.3) is 0 Å². The average molecular weight is 580 g/mol. The van der Waals surface area contributed by atoms with E-state index in [1.165, 1.54) is 6.07 Å². The van der Waals surface area contributed by atoms with Crippen molar-refractivity contribution in [1.82, 2.24) is 10.2 Å². The van der Waals surface area contributed by atoms with Crippen LogP contribution in [-0.4, -0.2) is 78.5 Å². The summed E-state index contributed by atoms with van der Waals surface area (Å²) < 4.78 is 0. The Labute approximate surface area is 237 Å². The summed E-state index contributed by atoms with van der Waals surface area (Å²) in [5.41, 5.74) is -1.40. The Hall–Kier alpha value is -5.16. The monoisotopic (exact) mass is 580 g/mol. The lowest BCUT2D eigenvalue weighted by Crippen LogP contribution is -2.37. The van der Waals surface area contributed by atoms with Gasteiger partial charge in [0.2, 0.25) is 0 Å². The number of amides is 2. The Morgan fingerprint density at radius 1 is 0.786 bits per heavy atom. The number of hydrogen-bond donors (Lipinski definition) is 6. The fourth-order valence-corrected chi connectivity index (χ4v) is 3.92. The van der Waals surface area contributed by atoms with Crippen LogP contribution in [0.15, 0.2) is 60.7 Å². The van der Waals surface area contributed by atoms with E-state index in [9.17, 15) is 59.8 Å². The highest BCUT2D eigenvalue weighted by atomic mass is 16.6. The summed E-state index contributed by atoms with van der Waals surface area (Å²) in [4.78, 5) is 59.0. The van der Waals surface area contributed by atoms with Gasteiger partial charge in [0.15, 0.2) is 0 Å². The third-order valence-corrected chi connectivity index (χ3v) is 5.84. The zero-order valence-corrected chi connectivity index (χ0v) is 21.5. The van der Waals surface area contributed by atoms with Gasteiger partial charge in [0.05, 0.1) is 9.85 Å². The maximum atomic E-state index is 13.2. The minimum atomic E-state index is -2.13. The lowest BCUT2D eigenvalue weighted by Gasteiger charge is -2.21. The quantitative estimate of drug-likeness (QED) is 0.0815. The summed E-state index contributed by atoms with van der Waals surface area (Å²) in [7, 11) is -4.18. The van der Waals surface area contributed by atoms with Gasteiger partial charge in [-0.25, -0.2) is 0 Å². The second-order valence-corrected chi connectivity index (χ2v) is 8.95. The van der Waals surface area contributed by atoms with Crippen molar-refractivity contribution in [2.45, 2.75) is 13.1 Å². The molecule has 216 valence electrons. The average Bonchev–Trinajstić information content (AvgIpc) is 2.94. The molecule has 2 amide bonds. The van der Waals surface area contributed by atoms with Crippen LogP contribution in [0.3, 0.4) is 0 Å². The minimum absolute atomic E-state index is 0.109. The first kappa shape index (κ1) is 31.4. The number of carboxylic acids is 1. The molecular weight excluding hydrogens is 558 g/mol. The number of nitro groups is 2. The van der Waals surface area contributed by atoms with Gasteiger partial charge in [-0.2, -0.15) is 0 Å². The van der Waals surface area contributed by atoms with Crippen molar-refractivity contribution in [2.24, 2.45) is 0 Å². The van der Waals surface area contributed by atoms with Gasteiger partial charge in [-0.1, -0.05) is 24.3 Å². The van der Waals surface area contributed by atoms with Gasteiger partial charge < -0.3 is 35.4 Å². The van der Waals surface area contributed by atoms with Crippen molar-refractivity contribution in [3.05, 3.63) is 103 Å². The van der Waals surface area contributed by atoms with E-state index >= 15 is 0 Å². The summed E-state index contributed by atoms with van der Waals surface area (Å²) in [6.07, 6.45) is 0. The van der Waals surface area contributed by atoms with E-state index in [4.69, 9.17) is 0 Å². The lowest BCUT2D eigenvalue weighted by atomic mass is 9.79. The van der Waals surface area contributed by atoms with Gasteiger partial charge in [0.1, 0.15) is 6.54 Å². The van der Waals surface area contributed by atoms with Gasteiger partial charge in [-0.3, -0.25) is 34.6 Å². The first-order valence-electron chi connectivity index (χ1n) is 11.9. The van der Waals surface area contributed by atoms with Crippen molar-refractivity contribution < 1.29 is 49.4 Å². The third kappa shape index (κ3) is 8.18. The molecule has 0 saturated heterocycles. The SMILES string of the molecule is O=C(O)CN(Cc1cccc(CNC(=O)c2cc(B(O)O)cc([N+](=O)[O-])c2)c1)C(=O)c1cc(B(O)O)cc([N+](=O)[O-])c1. The normalized spacial score (nSPS) is 10.5. The predicted octanol–water partition coefficient (Wildman–Crippen LogP) is -1.48. The number of non-ortho nitro benzene ring substituents is 2. The van der Waals surface area contributed by atoms with Crippen molar-refractivity contribution in [3.8, 4) is 0 Å². The van der Waals surface area contributed by atoms with Crippen LogP contribution in [0.5, 0.6) is 0 Å². The molecular formula is C24H22B2N4O12. The number of nitro benzene ring substituents is 2. The van der Waals surface area contributed by atoms with Crippen LogP contribution in [0.1, 0.15) is 31.8 Å². The molecule has 0 unspecified atom stereocenters. The Morgan fingerprint density at radius 3 is 1.83 bits per heavy atom. The predicted molar refractivity (Wildman–Crippen MR) is 146 cm³/mol. The van der Waals surface area contributed by atoms with Gasteiger partial charge in [-0.05, 0) is 34.2 Å².